The second-order valence-corrected chi connectivity index (χ2v) is 11.2. The number of rotatable bonds is 7. The smallest absolute Gasteiger partial charge is 0.338 e. The molecule has 1 amide bonds. The van der Waals surface area contributed by atoms with Crippen LogP contribution in [0.3, 0.4) is 0 Å². The molecule has 2 aromatic carbocycles. The van der Waals surface area contributed by atoms with Gasteiger partial charge < -0.3 is 14.5 Å². The molecule has 2 aromatic rings. The number of thioether (sulfide) groups is 1. The highest BCUT2D eigenvalue weighted by Crippen LogP contribution is 2.45. The first-order chi connectivity index (χ1) is 18.9. The molecule has 0 saturated carbocycles. The van der Waals surface area contributed by atoms with Crippen molar-refractivity contribution in [3.8, 4) is 0 Å². The largest absolute Gasteiger partial charge is 0.466 e. The van der Waals surface area contributed by atoms with Gasteiger partial charge in [0.15, 0.2) is 5.17 Å². The molecule has 0 radical (unpaired) electrons. The molecular formula is C31H36N4O3S. The lowest BCUT2D eigenvalue weighted by Gasteiger charge is -2.38. The van der Waals surface area contributed by atoms with Gasteiger partial charge in [-0.1, -0.05) is 78.3 Å². The minimum atomic E-state index is -0.389. The maximum absolute atomic E-state index is 13.5. The molecule has 3 aliphatic rings. The predicted octanol–water partition coefficient (Wildman–Crippen LogP) is 5.18. The van der Waals surface area contributed by atoms with Crippen LogP contribution in [0.25, 0.3) is 0 Å². The van der Waals surface area contributed by atoms with E-state index < -0.39 is 0 Å². The number of hydrogen-bond acceptors (Lipinski definition) is 7. The van der Waals surface area contributed by atoms with Crippen molar-refractivity contribution >= 4 is 28.8 Å². The number of amides is 1. The standard InChI is InChI=1S/C31H36N4O3S/c1-5-26-28(30(37)38-4)29(24-8-6-7-22(3)17-24)35-25(20-39-31(35)32-26)18-27(36)34-15-13-33(14-16-34)19-23-11-9-21(2)10-12-23/h6-12,17,20,29H,5,13-16,18-19H2,1-4H3/t29-/m1/s1. The molecule has 0 N–H and O–H groups in total. The van der Waals surface area contributed by atoms with Crippen LogP contribution in [0.4, 0.5) is 0 Å². The van der Waals surface area contributed by atoms with Gasteiger partial charge in [0.1, 0.15) is 0 Å². The average Bonchev–Trinajstić information content (AvgIpc) is 3.35. The molecule has 1 atom stereocenters. The van der Waals surface area contributed by atoms with E-state index in [4.69, 9.17) is 9.73 Å². The van der Waals surface area contributed by atoms with Gasteiger partial charge in [0.25, 0.3) is 0 Å². The summed E-state index contributed by atoms with van der Waals surface area (Å²) in [6, 6.07) is 16.4. The van der Waals surface area contributed by atoms with Crippen molar-refractivity contribution in [2.75, 3.05) is 33.3 Å². The molecule has 204 valence electrons. The minimum Gasteiger partial charge on any atom is -0.466 e. The highest BCUT2D eigenvalue weighted by molar-refractivity contribution is 8.16. The van der Waals surface area contributed by atoms with Crippen molar-refractivity contribution in [1.29, 1.82) is 0 Å². The van der Waals surface area contributed by atoms with Crippen LogP contribution in [0.1, 0.15) is 48.1 Å². The van der Waals surface area contributed by atoms with E-state index >= 15 is 0 Å². The molecule has 0 spiro atoms. The molecule has 8 heteroatoms. The SMILES string of the molecule is CCC1=C(C(=O)OC)[C@@H](c2cccc(C)c2)N2C(CC(=O)N3CCN(Cc4ccc(C)cc4)CC3)=CSC2=N1. The Morgan fingerprint density at radius 1 is 1.03 bits per heavy atom. The van der Waals surface area contributed by atoms with Gasteiger partial charge in [-0.3, -0.25) is 9.69 Å². The van der Waals surface area contributed by atoms with Crippen LogP contribution in [0.15, 0.2) is 75.9 Å². The van der Waals surface area contributed by atoms with E-state index in [0.717, 1.165) is 47.3 Å². The number of carbonyl (C=O) groups excluding carboxylic acids is 2. The van der Waals surface area contributed by atoms with Gasteiger partial charge in [-0.25, -0.2) is 9.79 Å². The number of benzene rings is 2. The molecule has 7 nitrogen and oxygen atoms in total. The number of nitrogens with zero attached hydrogens (tertiary/aromatic N) is 4. The molecule has 0 aromatic heterocycles. The van der Waals surface area contributed by atoms with Crippen molar-refractivity contribution in [1.82, 2.24) is 14.7 Å². The third-order valence-corrected chi connectivity index (χ3v) is 8.46. The third-order valence-electron chi connectivity index (χ3n) is 7.57. The zero-order valence-corrected chi connectivity index (χ0v) is 24.0. The summed E-state index contributed by atoms with van der Waals surface area (Å²) in [7, 11) is 1.41. The Labute approximate surface area is 235 Å². The first-order valence-corrected chi connectivity index (χ1v) is 14.4. The number of carbonyl (C=O) groups is 2. The van der Waals surface area contributed by atoms with Gasteiger partial charge in [-0.05, 0) is 36.8 Å². The number of aryl methyl sites for hydroxylation is 2. The topological polar surface area (TPSA) is 65.5 Å². The van der Waals surface area contributed by atoms with Crippen molar-refractivity contribution in [2.24, 2.45) is 4.99 Å². The van der Waals surface area contributed by atoms with Crippen LogP contribution < -0.4 is 0 Å². The monoisotopic (exact) mass is 544 g/mol. The number of amidine groups is 1. The van der Waals surface area contributed by atoms with Crippen molar-refractivity contribution < 1.29 is 14.3 Å². The zero-order chi connectivity index (χ0) is 27.5. The van der Waals surface area contributed by atoms with Gasteiger partial charge in [-0.15, -0.1) is 0 Å². The Balaban J connectivity index is 1.32. The van der Waals surface area contributed by atoms with E-state index in [-0.39, 0.29) is 24.3 Å². The summed E-state index contributed by atoms with van der Waals surface area (Å²) in [6.45, 7) is 10.2. The maximum atomic E-state index is 13.5. The van der Waals surface area contributed by atoms with Crippen LogP contribution in [0.2, 0.25) is 0 Å². The van der Waals surface area contributed by atoms with Crippen molar-refractivity contribution in [3.63, 3.8) is 0 Å². The van der Waals surface area contributed by atoms with Crippen LogP contribution in [0.5, 0.6) is 0 Å². The normalized spacial score (nSPS) is 19.5. The van der Waals surface area contributed by atoms with E-state index in [2.05, 4.69) is 47.1 Å². The van der Waals surface area contributed by atoms with Crippen LogP contribution >= 0.6 is 11.8 Å². The van der Waals surface area contributed by atoms with Crippen LogP contribution in [-0.4, -0.2) is 65.0 Å². The molecular weight excluding hydrogens is 508 g/mol. The van der Waals surface area contributed by atoms with Gasteiger partial charge in [0.2, 0.25) is 5.91 Å². The summed E-state index contributed by atoms with van der Waals surface area (Å²) in [5.74, 6) is -0.278. The van der Waals surface area contributed by atoms with Crippen molar-refractivity contribution in [3.05, 3.63) is 93.2 Å². The Hall–Kier alpha value is -3.36. The Morgan fingerprint density at radius 3 is 2.44 bits per heavy atom. The van der Waals surface area contributed by atoms with E-state index in [1.807, 2.05) is 42.4 Å². The predicted molar refractivity (Wildman–Crippen MR) is 156 cm³/mol. The maximum Gasteiger partial charge on any atom is 0.338 e. The van der Waals surface area contributed by atoms with E-state index in [1.54, 1.807) is 0 Å². The zero-order valence-electron chi connectivity index (χ0n) is 23.1. The first-order valence-electron chi connectivity index (χ1n) is 13.5. The second-order valence-electron chi connectivity index (χ2n) is 10.3. The van der Waals surface area contributed by atoms with E-state index in [9.17, 15) is 9.59 Å². The fraction of sp³-hybridized carbons (Fsp3) is 0.387. The molecule has 0 unspecified atom stereocenters. The Kier molecular flexibility index (Phi) is 8.23. The number of allylic oxidation sites excluding steroid dienone is 1. The number of esters is 1. The summed E-state index contributed by atoms with van der Waals surface area (Å²) in [6.07, 6.45) is 0.883. The molecule has 1 saturated heterocycles. The number of piperazine rings is 1. The molecule has 39 heavy (non-hydrogen) atoms. The van der Waals surface area contributed by atoms with Crippen LogP contribution in [-0.2, 0) is 20.9 Å². The van der Waals surface area contributed by atoms with Gasteiger partial charge in [0.05, 0.1) is 30.8 Å². The van der Waals surface area contributed by atoms with E-state index in [1.165, 1.54) is 30.0 Å². The minimum absolute atomic E-state index is 0.103. The summed E-state index contributed by atoms with van der Waals surface area (Å²) in [5.41, 5.74) is 6.80. The lowest BCUT2D eigenvalue weighted by atomic mass is 9.92. The van der Waals surface area contributed by atoms with Gasteiger partial charge >= 0.3 is 5.97 Å². The molecule has 0 aliphatic carbocycles. The average molecular weight is 545 g/mol. The number of hydrogen-bond donors (Lipinski definition) is 0. The van der Waals surface area contributed by atoms with E-state index in [0.29, 0.717) is 25.1 Å². The molecule has 5 rings (SSSR count). The molecule has 0 bridgehead atoms. The Bertz CT molecular complexity index is 1340. The fourth-order valence-electron chi connectivity index (χ4n) is 5.44. The second kappa shape index (κ2) is 11.8. The molecule has 3 aliphatic heterocycles. The lowest BCUT2D eigenvalue weighted by molar-refractivity contribution is -0.136. The first kappa shape index (κ1) is 27.2. The Morgan fingerprint density at radius 2 is 1.77 bits per heavy atom. The summed E-state index contributed by atoms with van der Waals surface area (Å²) in [4.78, 5) is 37.8. The number of aliphatic imine (C=N–C) groups is 1. The number of methoxy groups -OCH3 is 1. The highest BCUT2D eigenvalue weighted by Gasteiger charge is 2.41. The fourth-order valence-corrected chi connectivity index (χ4v) is 6.38. The quantitative estimate of drug-likeness (QED) is 0.448. The van der Waals surface area contributed by atoms with Gasteiger partial charge in [0, 0.05) is 38.4 Å². The lowest BCUT2D eigenvalue weighted by Crippen LogP contribution is -2.48. The highest BCUT2D eigenvalue weighted by atomic mass is 32.2. The van der Waals surface area contributed by atoms with Crippen molar-refractivity contribution in [2.45, 2.75) is 46.2 Å². The summed E-state index contributed by atoms with van der Waals surface area (Å²) < 4.78 is 5.22. The molecule has 1 fully saturated rings. The summed E-state index contributed by atoms with van der Waals surface area (Å²) in [5, 5.41) is 2.82. The number of ether oxygens (including phenoxy) is 1. The summed E-state index contributed by atoms with van der Waals surface area (Å²) >= 11 is 1.52. The van der Waals surface area contributed by atoms with Gasteiger partial charge in [-0.2, -0.15) is 0 Å². The number of fused-ring (bicyclic) bond motifs is 1. The molecule has 3 heterocycles. The third kappa shape index (κ3) is 5.82. The van der Waals surface area contributed by atoms with Crippen LogP contribution in [0, 0.1) is 13.8 Å².